The van der Waals surface area contributed by atoms with Gasteiger partial charge in [-0.15, -0.1) is 0 Å². The van der Waals surface area contributed by atoms with E-state index in [1.165, 1.54) is 11.1 Å². The number of anilines is 1. The number of hydrazine groups is 1. The Morgan fingerprint density at radius 1 is 1.24 bits per heavy atom. The number of aryl methyl sites for hydroxylation is 1. The van der Waals surface area contributed by atoms with E-state index in [0.29, 0.717) is 29.4 Å². The van der Waals surface area contributed by atoms with E-state index in [2.05, 4.69) is 57.3 Å². The maximum Gasteiger partial charge on any atom is 0.257 e. The minimum absolute atomic E-state index is 0.0237. The van der Waals surface area contributed by atoms with Crippen molar-refractivity contribution in [2.24, 2.45) is 5.92 Å². The van der Waals surface area contributed by atoms with Gasteiger partial charge >= 0.3 is 0 Å². The highest BCUT2D eigenvalue weighted by atomic mass is 16.2. The van der Waals surface area contributed by atoms with Crippen LogP contribution in [0.1, 0.15) is 47.2 Å². The summed E-state index contributed by atoms with van der Waals surface area (Å²) in [6, 6.07) is 9.14. The van der Waals surface area contributed by atoms with E-state index in [1.54, 1.807) is 12.4 Å². The molecule has 0 saturated carbocycles. The van der Waals surface area contributed by atoms with E-state index in [1.807, 2.05) is 11.8 Å². The van der Waals surface area contributed by atoms with Gasteiger partial charge in [0.25, 0.3) is 5.91 Å². The third kappa shape index (κ3) is 4.41. The Bertz CT molecular complexity index is 822. The molecule has 3 N–H and O–H groups in total. The van der Waals surface area contributed by atoms with E-state index >= 15 is 0 Å². The molecular weight excluding hydrogens is 364 g/mol. The van der Waals surface area contributed by atoms with Crippen LogP contribution in [0.4, 0.5) is 5.95 Å². The average Bonchev–Trinajstić information content (AvgIpc) is 3.25. The monoisotopic (exact) mass is 394 g/mol. The molecule has 4 rings (SSSR count). The van der Waals surface area contributed by atoms with E-state index in [4.69, 9.17) is 0 Å². The summed E-state index contributed by atoms with van der Waals surface area (Å²) in [5.74, 6) is 1.41. The van der Waals surface area contributed by atoms with Gasteiger partial charge in [0.2, 0.25) is 5.95 Å². The summed E-state index contributed by atoms with van der Waals surface area (Å²) in [6.07, 6.45) is 5.40. The maximum absolute atomic E-state index is 13.0. The van der Waals surface area contributed by atoms with Gasteiger partial charge in [-0.1, -0.05) is 29.8 Å². The molecule has 2 aromatic rings. The van der Waals surface area contributed by atoms with Crippen molar-refractivity contribution in [3.05, 3.63) is 53.3 Å². The number of rotatable bonds is 5. The predicted octanol–water partition coefficient (Wildman–Crippen LogP) is 2.33. The highest BCUT2D eigenvalue weighted by Gasteiger charge is 2.37. The molecule has 154 valence electrons. The number of amides is 1. The quantitative estimate of drug-likeness (QED) is 0.722. The molecule has 1 aromatic carbocycles. The standard InChI is InChI=1S/C22H30N6O/c1-3-23-22-24-11-18(12-25-22)21(29)28-10-4-5-17(14-28)20-19(13-26-27-20)16-8-6-15(2)7-9-16/h6-9,11-12,17,19-20,26-27H,3-5,10,13-14H2,1-2H3,(H,23,24,25). The van der Waals surface area contributed by atoms with Gasteiger partial charge in [0.15, 0.2) is 0 Å². The van der Waals surface area contributed by atoms with Crippen LogP contribution in [0.5, 0.6) is 0 Å². The van der Waals surface area contributed by atoms with Crippen molar-refractivity contribution in [3.63, 3.8) is 0 Å². The molecule has 3 heterocycles. The molecular formula is C22H30N6O. The van der Waals surface area contributed by atoms with Crippen LogP contribution in [0.2, 0.25) is 0 Å². The molecule has 3 unspecified atom stereocenters. The molecule has 0 aliphatic carbocycles. The fourth-order valence-electron chi connectivity index (χ4n) is 4.46. The van der Waals surface area contributed by atoms with Crippen molar-refractivity contribution in [3.8, 4) is 0 Å². The summed E-state index contributed by atoms with van der Waals surface area (Å²) in [5.41, 5.74) is 10.0. The Hall–Kier alpha value is -2.51. The van der Waals surface area contributed by atoms with Gasteiger partial charge in [0, 0.05) is 50.5 Å². The topological polar surface area (TPSA) is 82.2 Å². The van der Waals surface area contributed by atoms with Crippen molar-refractivity contribution >= 4 is 11.9 Å². The van der Waals surface area contributed by atoms with Gasteiger partial charge in [0.05, 0.1) is 5.56 Å². The lowest BCUT2D eigenvalue weighted by atomic mass is 9.81. The first-order valence-corrected chi connectivity index (χ1v) is 10.6. The second-order valence-corrected chi connectivity index (χ2v) is 8.05. The Morgan fingerprint density at radius 2 is 2.00 bits per heavy atom. The molecule has 3 atom stereocenters. The summed E-state index contributed by atoms with van der Waals surface area (Å²) < 4.78 is 0. The molecule has 7 nitrogen and oxygen atoms in total. The van der Waals surface area contributed by atoms with E-state index in [-0.39, 0.29) is 5.91 Å². The normalized spacial score (nSPS) is 24.5. The zero-order chi connectivity index (χ0) is 20.2. The summed E-state index contributed by atoms with van der Waals surface area (Å²) >= 11 is 0. The molecule has 7 heteroatoms. The Labute approximate surface area is 172 Å². The Balaban J connectivity index is 1.44. The number of piperidine rings is 1. The molecule has 0 spiro atoms. The van der Waals surface area contributed by atoms with Crippen molar-refractivity contribution in [2.75, 3.05) is 31.5 Å². The van der Waals surface area contributed by atoms with Crippen molar-refractivity contribution < 1.29 is 4.79 Å². The van der Waals surface area contributed by atoms with Crippen LogP contribution < -0.4 is 16.2 Å². The molecule has 1 aromatic heterocycles. The van der Waals surface area contributed by atoms with E-state index in [0.717, 1.165) is 39.0 Å². The third-order valence-corrected chi connectivity index (χ3v) is 6.02. The Kier molecular flexibility index (Phi) is 6.06. The minimum atomic E-state index is 0.0237. The highest BCUT2D eigenvalue weighted by molar-refractivity contribution is 5.93. The maximum atomic E-state index is 13.0. The highest BCUT2D eigenvalue weighted by Crippen LogP contribution is 2.32. The summed E-state index contributed by atoms with van der Waals surface area (Å²) in [5, 5.41) is 3.06. The van der Waals surface area contributed by atoms with Gasteiger partial charge in [-0.2, -0.15) is 0 Å². The number of carbonyl (C=O) groups excluding carboxylic acids is 1. The fourth-order valence-corrected chi connectivity index (χ4v) is 4.46. The number of nitrogens with zero attached hydrogens (tertiary/aromatic N) is 3. The smallest absolute Gasteiger partial charge is 0.257 e. The van der Waals surface area contributed by atoms with Crippen molar-refractivity contribution in [1.82, 2.24) is 25.7 Å². The first-order chi connectivity index (χ1) is 14.2. The molecule has 1 amide bonds. The second kappa shape index (κ2) is 8.88. The zero-order valence-corrected chi connectivity index (χ0v) is 17.2. The number of carbonyl (C=O) groups is 1. The number of nitrogens with one attached hydrogen (secondary N) is 3. The predicted molar refractivity (Wildman–Crippen MR) is 114 cm³/mol. The number of likely N-dealkylation sites (tertiary alicyclic amines) is 1. The largest absolute Gasteiger partial charge is 0.355 e. The van der Waals surface area contributed by atoms with Crippen LogP contribution in [0.25, 0.3) is 0 Å². The van der Waals surface area contributed by atoms with Crippen LogP contribution >= 0.6 is 0 Å². The zero-order valence-electron chi connectivity index (χ0n) is 17.2. The molecule has 2 saturated heterocycles. The molecule has 2 aliphatic heterocycles. The number of aromatic nitrogens is 2. The summed E-state index contributed by atoms with van der Waals surface area (Å²) in [4.78, 5) is 23.5. The number of benzene rings is 1. The number of hydrogen-bond donors (Lipinski definition) is 3. The van der Waals surface area contributed by atoms with Gasteiger partial charge in [0.1, 0.15) is 0 Å². The third-order valence-electron chi connectivity index (χ3n) is 6.02. The lowest BCUT2D eigenvalue weighted by molar-refractivity contribution is 0.0643. The van der Waals surface area contributed by atoms with Gasteiger partial charge < -0.3 is 10.2 Å². The van der Waals surface area contributed by atoms with Gasteiger partial charge in [-0.3, -0.25) is 15.6 Å². The summed E-state index contributed by atoms with van der Waals surface area (Å²) in [7, 11) is 0. The Morgan fingerprint density at radius 3 is 2.72 bits per heavy atom. The van der Waals surface area contributed by atoms with Gasteiger partial charge in [-0.25, -0.2) is 9.97 Å². The number of hydrogen-bond acceptors (Lipinski definition) is 6. The van der Waals surface area contributed by atoms with E-state index < -0.39 is 0 Å². The molecule has 29 heavy (non-hydrogen) atoms. The van der Waals surface area contributed by atoms with Crippen LogP contribution in [0, 0.1) is 12.8 Å². The molecule has 2 fully saturated rings. The molecule has 0 bridgehead atoms. The minimum Gasteiger partial charge on any atom is -0.355 e. The SMILES string of the molecule is CCNc1ncc(C(=O)N2CCCC(C3NNCC3c3ccc(C)cc3)C2)cn1. The second-order valence-electron chi connectivity index (χ2n) is 8.05. The lowest BCUT2D eigenvalue weighted by Crippen LogP contribution is -2.48. The van der Waals surface area contributed by atoms with Gasteiger partial charge in [-0.05, 0) is 38.2 Å². The van der Waals surface area contributed by atoms with Crippen LogP contribution in [0.3, 0.4) is 0 Å². The fraction of sp³-hybridized carbons (Fsp3) is 0.500. The average molecular weight is 395 g/mol. The van der Waals surface area contributed by atoms with Crippen molar-refractivity contribution in [1.29, 1.82) is 0 Å². The first-order valence-electron chi connectivity index (χ1n) is 10.6. The van der Waals surface area contributed by atoms with Crippen molar-refractivity contribution in [2.45, 2.75) is 38.6 Å². The van der Waals surface area contributed by atoms with E-state index in [9.17, 15) is 4.79 Å². The van der Waals surface area contributed by atoms with Crippen LogP contribution in [0.15, 0.2) is 36.7 Å². The van der Waals surface area contributed by atoms with Crippen LogP contribution in [-0.4, -0.2) is 53.0 Å². The summed E-state index contributed by atoms with van der Waals surface area (Å²) in [6.45, 7) is 7.33. The molecule has 2 aliphatic rings. The molecule has 0 radical (unpaired) electrons. The first kappa shape index (κ1) is 19.8. The lowest BCUT2D eigenvalue weighted by Gasteiger charge is -2.37. The van der Waals surface area contributed by atoms with Crippen LogP contribution in [-0.2, 0) is 0 Å².